The number of fused-ring (bicyclic) bond motifs is 7. The van der Waals surface area contributed by atoms with E-state index in [4.69, 9.17) is 4.99 Å². The van der Waals surface area contributed by atoms with Gasteiger partial charge in [0, 0.05) is 42.2 Å². The van der Waals surface area contributed by atoms with Gasteiger partial charge in [0.1, 0.15) is 12.0 Å². The molecule has 0 saturated heterocycles. The average Bonchev–Trinajstić information content (AvgIpc) is 3.53. The van der Waals surface area contributed by atoms with Crippen molar-refractivity contribution in [1.82, 2.24) is 9.88 Å². The fourth-order valence-electron chi connectivity index (χ4n) is 5.75. The highest BCUT2D eigenvalue weighted by Gasteiger charge is 2.24. The van der Waals surface area contributed by atoms with Crippen LogP contribution in [0.15, 0.2) is 132 Å². The van der Waals surface area contributed by atoms with Crippen LogP contribution in [0.5, 0.6) is 0 Å². The van der Waals surface area contributed by atoms with Crippen LogP contribution < -0.4 is 5.32 Å². The third-order valence-corrected chi connectivity index (χ3v) is 8.57. The molecular formula is C34H23N3S. The van der Waals surface area contributed by atoms with E-state index in [0.29, 0.717) is 0 Å². The summed E-state index contributed by atoms with van der Waals surface area (Å²) in [6, 6.07) is 43.0. The molecule has 0 saturated carbocycles. The molecule has 180 valence electrons. The van der Waals surface area contributed by atoms with Crippen molar-refractivity contribution in [2.75, 3.05) is 0 Å². The summed E-state index contributed by atoms with van der Waals surface area (Å²) in [5, 5.41) is 8.77. The molecular weight excluding hydrogens is 482 g/mol. The Bertz CT molecular complexity index is 1990. The topological polar surface area (TPSA) is 29.3 Å². The lowest BCUT2D eigenvalue weighted by atomic mass is 10.1. The van der Waals surface area contributed by atoms with E-state index >= 15 is 0 Å². The van der Waals surface area contributed by atoms with E-state index in [-0.39, 0.29) is 6.17 Å². The lowest BCUT2D eigenvalue weighted by Crippen LogP contribution is -2.29. The number of para-hydroxylation sites is 1. The van der Waals surface area contributed by atoms with Crippen molar-refractivity contribution in [3.8, 4) is 0 Å². The van der Waals surface area contributed by atoms with E-state index in [9.17, 15) is 0 Å². The van der Waals surface area contributed by atoms with E-state index in [2.05, 4.69) is 131 Å². The first-order valence-electron chi connectivity index (χ1n) is 12.9. The van der Waals surface area contributed by atoms with Gasteiger partial charge in [0.15, 0.2) is 0 Å². The second-order valence-corrected chi connectivity index (χ2v) is 10.7. The first-order valence-corrected chi connectivity index (χ1v) is 13.7. The lowest BCUT2D eigenvalue weighted by Gasteiger charge is -2.25. The Balaban J connectivity index is 1.48. The molecule has 0 fully saturated rings. The van der Waals surface area contributed by atoms with E-state index in [0.717, 1.165) is 22.7 Å². The highest BCUT2D eigenvalue weighted by molar-refractivity contribution is 7.26. The van der Waals surface area contributed by atoms with Gasteiger partial charge in [0.05, 0.1) is 11.0 Å². The molecule has 0 spiro atoms. The number of hydrogen-bond donors (Lipinski definition) is 1. The van der Waals surface area contributed by atoms with Crippen LogP contribution in [0, 0.1) is 0 Å². The highest BCUT2D eigenvalue weighted by atomic mass is 32.1. The number of rotatable bonds is 3. The predicted molar refractivity (Wildman–Crippen MR) is 162 cm³/mol. The number of aliphatic imine (C=N–C) groups is 1. The molecule has 1 aliphatic heterocycles. The minimum absolute atomic E-state index is 0.215. The zero-order valence-corrected chi connectivity index (χ0v) is 21.3. The van der Waals surface area contributed by atoms with Gasteiger partial charge < -0.3 is 9.88 Å². The second kappa shape index (κ2) is 8.44. The van der Waals surface area contributed by atoms with Gasteiger partial charge in [-0.15, -0.1) is 11.3 Å². The number of thiophene rings is 1. The van der Waals surface area contributed by atoms with Crippen LogP contribution in [0.4, 0.5) is 0 Å². The SMILES string of the molecule is C1=C(c2ccccc2)NC(c2ccccc2)=NC1n1c2ccccc2c2ccc3sc4ccccc4c3c21. The van der Waals surface area contributed by atoms with E-state index in [1.54, 1.807) is 0 Å². The minimum atomic E-state index is -0.215. The average molecular weight is 506 g/mol. The minimum Gasteiger partial charge on any atom is -0.340 e. The Morgan fingerprint density at radius 3 is 2.11 bits per heavy atom. The maximum Gasteiger partial charge on any atom is 0.149 e. The Morgan fingerprint density at radius 1 is 0.605 bits per heavy atom. The summed E-state index contributed by atoms with van der Waals surface area (Å²) in [7, 11) is 0. The molecule has 1 aliphatic rings. The van der Waals surface area contributed by atoms with Crippen molar-refractivity contribution < 1.29 is 0 Å². The van der Waals surface area contributed by atoms with Gasteiger partial charge in [-0.1, -0.05) is 103 Å². The first kappa shape index (κ1) is 21.4. The number of benzene rings is 5. The molecule has 3 nitrogen and oxygen atoms in total. The van der Waals surface area contributed by atoms with Crippen molar-refractivity contribution in [2.24, 2.45) is 4.99 Å². The van der Waals surface area contributed by atoms with Crippen molar-refractivity contribution in [3.05, 3.63) is 139 Å². The van der Waals surface area contributed by atoms with Gasteiger partial charge in [-0.05, 0) is 29.8 Å². The van der Waals surface area contributed by atoms with Crippen LogP contribution in [-0.4, -0.2) is 10.4 Å². The third-order valence-electron chi connectivity index (χ3n) is 7.44. The number of aromatic nitrogens is 1. The molecule has 1 unspecified atom stereocenters. The van der Waals surface area contributed by atoms with E-state index in [1.807, 2.05) is 17.4 Å². The van der Waals surface area contributed by atoms with Gasteiger partial charge in [0.2, 0.25) is 0 Å². The summed E-state index contributed by atoms with van der Waals surface area (Å²) < 4.78 is 5.06. The molecule has 7 aromatic rings. The van der Waals surface area contributed by atoms with Crippen molar-refractivity contribution in [1.29, 1.82) is 0 Å². The molecule has 3 heterocycles. The summed E-state index contributed by atoms with van der Waals surface area (Å²) in [5.41, 5.74) is 5.72. The van der Waals surface area contributed by atoms with Crippen LogP contribution in [-0.2, 0) is 0 Å². The molecule has 0 amide bonds. The molecule has 1 atom stereocenters. The molecule has 5 aromatic carbocycles. The summed E-state index contributed by atoms with van der Waals surface area (Å²) in [6.45, 7) is 0. The molecule has 2 aromatic heterocycles. The summed E-state index contributed by atoms with van der Waals surface area (Å²) in [6.07, 6.45) is 2.05. The zero-order chi connectivity index (χ0) is 25.1. The number of hydrogen-bond acceptors (Lipinski definition) is 3. The standard InChI is InChI=1S/C34H23N3S/c1-3-11-22(12-4-1)27-21-31(36-34(35-27)23-13-5-2-6-14-23)37-28-17-9-7-15-24(28)25-19-20-30-32(33(25)37)26-16-8-10-18-29(26)38-30/h1-21,31H,(H,35,36). The smallest absolute Gasteiger partial charge is 0.149 e. The van der Waals surface area contributed by atoms with Crippen LogP contribution in [0.3, 0.4) is 0 Å². The molecule has 8 rings (SSSR count). The van der Waals surface area contributed by atoms with E-state index in [1.165, 1.54) is 42.0 Å². The van der Waals surface area contributed by atoms with Crippen molar-refractivity contribution >= 4 is 64.8 Å². The monoisotopic (exact) mass is 505 g/mol. The molecule has 0 radical (unpaired) electrons. The summed E-state index contributed by atoms with van der Waals surface area (Å²) in [4.78, 5) is 5.34. The Kier molecular flexibility index (Phi) is 4.76. The quantitative estimate of drug-likeness (QED) is 0.256. The number of nitrogens with zero attached hydrogens (tertiary/aromatic N) is 2. The highest BCUT2D eigenvalue weighted by Crippen LogP contribution is 2.43. The van der Waals surface area contributed by atoms with Crippen LogP contribution in [0.2, 0.25) is 0 Å². The molecule has 0 bridgehead atoms. The molecule has 1 N–H and O–H groups in total. The van der Waals surface area contributed by atoms with Crippen LogP contribution in [0.1, 0.15) is 17.3 Å². The van der Waals surface area contributed by atoms with Crippen molar-refractivity contribution in [2.45, 2.75) is 6.17 Å². The normalized spacial score (nSPS) is 15.6. The second-order valence-electron chi connectivity index (χ2n) is 9.65. The van der Waals surface area contributed by atoms with Gasteiger partial charge in [-0.3, -0.25) is 0 Å². The fraction of sp³-hybridized carbons (Fsp3) is 0.0294. The van der Waals surface area contributed by atoms with Gasteiger partial charge >= 0.3 is 0 Å². The van der Waals surface area contributed by atoms with Crippen LogP contribution >= 0.6 is 11.3 Å². The van der Waals surface area contributed by atoms with Gasteiger partial charge in [-0.25, -0.2) is 4.99 Å². The maximum absolute atomic E-state index is 5.34. The Hall–Kier alpha value is -4.67. The largest absolute Gasteiger partial charge is 0.340 e. The number of amidine groups is 1. The summed E-state index contributed by atoms with van der Waals surface area (Å²) in [5.74, 6) is 0.880. The van der Waals surface area contributed by atoms with E-state index < -0.39 is 0 Å². The Morgan fingerprint density at radius 2 is 1.29 bits per heavy atom. The Labute approximate surface area is 224 Å². The van der Waals surface area contributed by atoms with Gasteiger partial charge in [-0.2, -0.15) is 0 Å². The van der Waals surface area contributed by atoms with Gasteiger partial charge in [0.25, 0.3) is 0 Å². The zero-order valence-electron chi connectivity index (χ0n) is 20.5. The third kappa shape index (κ3) is 3.24. The van der Waals surface area contributed by atoms with Crippen LogP contribution in [0.25, 0.3) is 47.7 Å². The maximum atomic E-state index is 5.34. The molecule has 38 heavy (non-hydrogen) atoms. The summed E-state index contributed by atoms with van der Waals surface area (Å²) >= 11 is 1.86. The fourth-order valence-corrected chi connectivity index (χ4v) is 6.86. The number of nitrogens with one attached hydrogen (secondary N) is 1. The molecule has 4 heteroatoms. The lowest BCUT2D eigenvalue weighted by molar-refractivity contribution is 0.669. The molecule has 0 aliphatic carbocycles. The predicted octanol–water partition coefficient (Wildman–Crippen LogP) is 8.75. The van der Waals surface area contributed by atoms with Crippen molar-refractivity contribution in [3.63, 3.8) is 0 Å². The first-order chi connectivity index (χ1) is 18.8.